The molecule has 0 bridgehead atoms. The summed E-state index contributed by atoms with van der Waals surface area (Å²) in [6.45, 7) is 1.35. The summed E-state index contributed by atoms with van der Waals surface area (Å²) < 4.78 is 232. The van der Waals surface area contributed by atoms with E-state index in [4.69, 9.17) is 11.6 Å². The number of nitrogens with one attached hydrogen (secondary N) is 1. The quantitative estimate of drug-likeness (QED) is 0.241. The van der Waals surface area contributed by atoms with Crippen LogP contribution in [0.25, 0.3) is 0 Å². The zero-order chi connectivity index (χ0) is 32.9. The second-order valence-electron chi connectivity index (χ2n) is 8.90. The number of rotatable bonds is 11. The summed E-state index contributed by atoms with van der Waals surface area (Å²) in [6, 6.07) is 5.14. The van der Waals surface area contributed by atoms with Gasteiger partial charge in [0.05, 0.1) is 10.7 Å². The molecule has 238 valence electrons. The van der Waals surface area contributed by atoms with Crippen molar-refractivity contribution in [1.29, 1.82) is 0 Å². The second kappa shape index (κ2) is 10.7. The number of benzene rings is 1. The Balaban J connectivity index is 3.27. The van der Waals surface area contributed by atoms with E-state index in [9.17, 15) is 79.4 Å². The highest BCUT2D eigenvalue weighted by Crippen LogP contribution is 2.64. The second-order valence-corrected chi connectivity index (χ2v) is 9.31. The van der Waals surface area contributed by atoms with Crippen molar-refractivity contribution in [3.8, 4) is 0 Å². The summed E-state index contributed by atoms with van der Waals surface area (Å²) in [6.07, 6.45) is -13.7. The molecule has 0 aromatic heterocycles. The van der Waals surface area contributed by atoms with Crippen molar-refractivity contribution < 1.29 is 84.2 Å². The molecule has 1 N–H and O–H groups in total. The molecule has 0 aliphatic heterocycles. The number of carbonyl (C=O) groups is 1. The molecule has 3 nitrogen and oxygen atoms in total. The lowest BCUT2D eigenvalue weighted by Gasteiger charge is -2.43. The van der Waals surface area contributed by atoms with Crippen LogP contribution in [0.1, 0.15) is 26.7 Å². The van der Waals surface area contributed by atoms with Gasteiger partial charge in [-0.1, -0.05) is 23.7 Å². The molecule has 0 radical (unpaired) electrons. The Kier molecular flexibility index (Phi) is 9.55. The van der Waals surface area contributed by atoms with E-state index in [1.54, 1.807) is 0 Å². The number of para-hydroxylation sites is 1. The minimum Gasteiger partial charge on any atom is -0.443 e. The van der Waals surface area contributed by atoms with E-state index in [-0.39, 0.29) is 10.7 Å². The number of anilines is 1. The first-order valence-electron chi connectivity index (χ1n) is 10.3. The largest absolute Gasteiger partial charge is 0.460 e. The van der Waals surface area contributed by atoms with Gasteiger partial charge in [-0.3, -0.25) is 5.32 Å². The van der Waals surface area contributed by atoms with Crippen molar-refractivity contribution in [1.82, 2.24) is 0 Å². The van der Waals surface area contributed by atoms with Crippen molar-refractivity contribution in [2.75, 3.05) is 5.32 Å². The average Bonchev–Trinajstić information content (AvgIpc) is 2.77. The van der Waals surface area contributed by atoms with E-state index in [1.165, 1.54) is 24.3 Å². The maximum Gasteiger partial charge on any atom is 0.460 e. The Morgan fingerprint density at radius 2 is 1.05 bits per heavy atom. The molecule has 1 aromatic carbocycles. The molecule has 1 aromatic rings. The van der Waals surface area contributed by atoms with Gasteiger partial charge in [0.15, 0.2) is 0 Å². The third-order valence-corrected chi connectivity index (χ3v) is 5.64. The Bertz CT molecular complexity index is 1100. The smallest absolute Gasteiger partial charge is 0.443 e. The van der Waals surface area contributed by atoms with E-state index < -0.39 is 72.2 Å². The molecule has 1 amide bonds. The van der Waals surface area contributed by atoms with Crippen LogP contribution in [0.5, 0.6) is 0 Å². The Labute approximate surface area is 222 Å². The molecule has 0 aliphatic rings. The van der Waals surface area contributed by atoms with Gasteiger partial charge in [-0.05, 0) is 32.4 Å². The van der Waals surface area contributed by atoms with Gasteiger partial charge in [0.1, 0.15) is 5.60 Å². The Morgan fingerprint density at radius 1 is 0.659 bits per heavy atom. The highest BCUT2D eigenvalue weighted by Gasteiger charge is 2.95. The fourth-order valence-corrected chi connectivity index (χ4v) is 2.99. The maximum absolute atomic E-state index is 14.1. The maximum atomic E-state index is 14.1. The third-order valence-electron chi connectivity index (χ3n) is 5.31. The first-order valence-corrected chi connectivity index (χ1v) is 10.7. The van der Waals surface area contributed by atoms with Crippen molar-refractivity contribution >= 4 is 23.4 Å². The van der Waals surface area contributed by atoms with Crippen LogP contribution in [-0.4, -0.2) is 59.3 Å². The number of hydrogen-bond donors (Lipinski definition) is 1. The minimum atomic E-state index is -8.69. The standard InChI is InChI=1S/C20H15ClF17NO2/c1-12(2,41-11(40)39-10-6-4-3-5-9(10)21)7-8-13(22,23)14(24,25)15(26,27)16(28,29)17(30,31)18(32,33)19(34,35)20(36,37)38/h3-6H,7-8H2,1-2H3,(H,39,40). The van der Waals surface area contributed by atoms with Crippen LogP contribution in [0.2, 0.25) is 5.02 Å². The van der Waals surface area contributed by atoms with Gasteiger partial charge >= 0.3 is 53.7 Å². The molecule has 0 spiro atoms. The molecule has 0 saturated heterocycles. The van der Waals surface area contributed by atoms with E-state index in [0.29, 0.717) is 13.8 Å². The fraction of sp³-hybridized carbons (Fsp3) is 0.650. The lowest BCUT2D eigenvalue weighted by Crippen LogP contribution is -2.74. The Hall–Kier alpha value is -2.41. The molecule has 0 aliphatic carbocycles. The average molecular weight is 660 g/mol. The number of carbonyl (C=O) groups excluding carboxylic acids is 1. The van der Waals surface area contributed by atoms with Crippen LogP contribution in [0.4, 0.5) is 85.1 Å². The number of hydrogen-bond acceptors (Lipinski definition) is 2. The molecule has 0 heterocycles. The summed E-state index contributed by atoms with van der Waals surface area (Å²) in [7, 11) is 0. The van der Waals surface area contributed by atoms with Gasteiger partial charge < -0.3 is 4.74 Å². The van der Waals surface area contributed by atoms with Gasteiger partial charge in [0.2, 0.25) is 0 Å². The molecule has 21 heteroatoms. The molecule has 1 rings (SSSR count). The predicted molar refractivity (Wildman–Crippen MR) is 106 cm³/mol. The van der Waals surface area contributed by atoms with E-state index in [0.717, 1.165) is 0 Å². The van der Waals surface area contributed by atoms with Crippen LogP contribution in [0, 0.1) is 0 Å². The summed E-state index contributed by atoms with van der Waals surface area (Å²) in [4.78, 5) is 11.9. The first-order chi connectivity index (χ1) is 17.8. The fourth-order valence-electron chi connectivity index (χ4n) is 2.81. The molecule has 0 saturated carbocycles. The summed E-state index contributed by atoms with van der Waals surface area (Å²) in [5, 5.41) is 1.84. The van der Waals surface area contributed by atoms with Gasteiger partial charge in [-0.25, -0.2) is 4.79 Å². The topological polar surface area (TPSA) is 38.3 Å². The zero-order valence-electron chi connectivity index (χ0n) is 19.8. The lowest BCUT2D eigenvalue weighted by atomic mass is 9.87. The molecular weight excluding hydrogens is 645 g/mol. The minimum absolute atomic E-state index is 0.105. The van der Waals surface area contributed by atoms with E-state index in [2.05, 4.69) is 4.74 Å². The summed E-state index contributed by atoms with van der Waals surface area (Å²) >= 11 is 5.71. The van der Waals surface area contributed by atoms with E-state index in [1.807, 2.05) is 5.32 Å². The van der Waals surface area contributed by atoms with Gasteiger partial charge in [0, 0.05) is 6.42 Å². The monoisotopic (exact) mass is 659 g/mol. The highest BCUT2D eigenvalue weighted by atomic mass is 35.5. The molecule has 41 heavy (non-hydrogen) atoms. The molecular formula is C20H15ClF17NO2. The third kappa shape index (κ3) is 6.21. The van der Waals surface area contributed by atoms with Crippen LogP contribution in [0.3, 0.4) is 0 Å². The van der Waals surface area contributed by atoms with Gasteiger partial charge in [0.25, 0.3) is 0 Å². The first kappa shape index (κ1) is 36.6. The number of alkyl halides is 17. The lowest BCUT2D eigenvalue weighted by molar-refractivity contribution is -0.462. The van der Waals surface area contributed by atoms with Crippen molar-refractivity contribution in [2.24, 2.45) is 0 Å². The zero-order valence-corrected chi connectivity index (χ0v) is 20.6. The van der Waals surface area contributed by atoms with Crippen molar-refractivity contribution in [3.63, 3.8) is 0 Å². The summed E-state index contributed by atoms with van der Waals surface area (Å²) in [5.41, 5.74) is -2.52. The number of amides is 1. The summed E-state index contributed by atoms with van der Waals surface area (Å²) in [5.74, 6) is -56.9. The van der Waals surface area contributed by atoms with Crippen molar-refractivity contribution in [2.45, 2.75) is 79.9 Å². The van der Waals surface area contributed by atoms with Crippen LogP contribution >= 0.6 is 11.6 Å². The molecule has 0 unspecified atom stereocenters. The molecule has 0 fully saturated rings. The van der Waals surface area contributed by atoms with E-state index >= 15 is 0 Å². The predicted octanol–water partition coefficient (Wildman–Crippen LogP) is 9.46. The van der Waals surface area contributed by atoms with Crippen LogP contribution < -0.4 is 5.32 Å². The van der Waals surface area contributed by atoms with Crippen LogP contribution in [0.15, 0.2) is 24.3 Å². The van der Waals surface area contributed by atoms with Gasteiger partial charge in [-0.15, -0.1) is 0 Å². The molecule has 0 atom stereocenters. The SMILES string of the molecule is CC(C)(CCC(F)(F)C(F)(F)C(F)(F)C(F)(F)C(F)(F)C(F)(F)C(F)(F)C(F)(F)F)OC(=O)Nc1ccccc1Cl. The van der Waals surface area contributed by atoms with Crippen LogP contribution in [-0.2, 0) is 4.74 Å². The Morgan fingerprint density at radius 3 is 1.46 bits per heavy atom. The normalized spacial score (nSPS) is 15.1. The number of ether oxygens (including phenoxy) is 1. The highest BCUT2D eigenvalue weighted by molar-refractivity contribution is 6.33. The van der Waals surface area contributed by atoms with Gasteiger partial charge in [-0.2, -0.15) is 74.6 Å². The number of halogens is 18. The van der Waals surface area contributed by atoms with Crippen molar-refractivity contribution in [3.05, 3.63) is 29.3 Å².